The van der Waals surface area contributed by atoms with Gasteiger partial charge in [0.05, 0.1) is 6.10 Å². The van der Waals surface area contributed by atoms with Crippen LogP contribution in [0.4, 0.5) is 0 Å². The van der Waals surface area contributed by atoms with E-state index in [9.17, 15) is 10.2 Å². The molecule has 0 aliphatic carbocycles. The van der Waals surface area contributed by atoms with Gasteiger partial charge in [0.25, 0.3) is 0 Å². The highest BCUT2D eigenvalue weighted by Crippen LogP contribution is 2.24. The van der Waals surface area contributed by atoms with Crippen LogP contribution in [0.1, 0.15) is 24.0 Å². The molecule has 0 saturated carbocycles. The molecule has 1 aromatic heterocycles. The van der Waals surface area contributed by atoms with E-state index in [1.54, 1.807) is 25.1 Å². The van der Waals surface area contributed by atoms with E-state index < -0.39 is 12.2 Å². The molecule has 0 fully saturated rings. The zero-order valence-corrected chi connectivity index (χ0v) is 10.4. The molecule has 0 amide bonds. The summed E-state index contributed by atoms with van der Waals surface area (Å²) < 4.78 is 5.33. The van der Waals surface area contributed by atoms with E-state index >= 15 is 0 Å². The molecule has 19 heavy (non-hydrogen) atoms. The van der Waals surface area contributed by atoms with Gasteiger partial charge in [0, 0.05) is 18.4 Å². The van der Waals surface area contributed by atoms with Crippen molar-refractivity contribution >= 4 is 11.1 Å². The highest BCUT2D eigenvalue weighted by molar-refractivity contribution is 5.73. The molecule has 0 aliphatic heterocycles. The van der Waals surface area contributed by atoms with Gasteiger partial charge in [0.1, 0.15) is 11.6 Å². The molecule has 2 atom stereocenters. The number of rotatable bonds is 5. The molecule has 0 spiro atoms. The zero-order valence-electron chi connectivity index (χ0n) is 10.4. The fourth-order valence-corrected chi connectivity index (χ4v) is 1.86. The van der Waals surface area contributed by atoms with Gasteiger partial charge in [-0.1, -0.05) is 11.2 Å². The Bertz CT molecular complexity index is 618. The number of azide groups is 1. The second-order valence-corrected chi connectivity index (χ2v) is 4.22. The van der Waals surface area contributed by atoms with Crippen molar-refractivity contribution in [3.05, 3.63) is 40.1 Å². The molecule has 2 aromatic rings. The first kappa shape index (κ1) is 13.4. The highest BCUT2D eigenvalue weighted by atomic mass is 16.3. The van der Waals surface area contributed by atoms with Gasteiger partial charge < -0.3 is 14.6 Å². The summed E-state index contributed by atoms with van der Waals surface area (Å²) >= 11 is 0. The maximum atomic E-state index is 10.0. The van der Waals surface area contributed by atoms with E-state index in [0.717, 1.165) is 0 Å². The standard InChI is InChI=1S/C12H14N4O3/c1-7-15-9-6-8(2-3-11(9)19-7)12(18)10(17)4-5-14-16-13/h2-3,6,10,12,17-18H,4-5H2,1H3. The Morgan fingerprint density at radius 1 is 1.47 bits per heavy atom. The normalized spacial score (nSPS) is 14.1. The number of benzene rings is 1. The maximum absolute atomic E-state index is 10.0. The molecule has 7 heteroatoms. The Balaban J connectivity index is 2.15. The molecule has 0 bridgehead atoms. The van der Waals surface area contributed by atoms with Crippen LogP contribution >= 0.6 is 0 Å². The Kier molecular flexibility index (Phi) is 4.01. The third-order valence-corrected chi connectivity index (χ3v) is 2.81. The first-order chi connectivity index (χ1) is 9.11. The summed E-state index contributed by atoms with van der Waals surface area (Å²) in [6, 6.07) is 5.05. The van der Waals surface area contributed by atoms with E-state index in [1.807, 2.05) is 0 Å². The van der Waals surface area contributed by atoms with Crippen LogP contribution in [-0.2, 0) is 0 Å². The largest absolute Gasteiger partial charge is 0.441 e. The van der Waals surface area contributed by atoms with Crippen LogP contribution in [0.2, 0.25) is 0 Å². The fourth-order valence-electron chi connectivity index (χ4n) is 1.86. The minimum Gasteiger partial charge on any atom is -0.441 e. The van der Waals surface area contributed by atoms with Gasteiger partial charge in [0.15, 0.2) is 11.5 Å². The Morgan fingerprint density at radius 3 is 3.00 bits per heavy atom. The molecule has 100 valence electrons. The molecular weight excluding hydrogens is 248 g/mol. The average molecular weight is 262 g/mol. The number of aliphatic hydroxyl groups excluding tert-OH is 2. The van der Waals surface area contributed by atoms with E-state index in [-0.39, 0.29) is 13.0 Å². The highest BCUT2D eigenvalue weighted by Gasteiger charge is 2.18. The topological polar surface area (TPSA) is 115 Å². The van der Waals surface area contributed by atoms with Crippen molar-refractivity contribution < 1.29 is 14.6 Å². The minimum atomic E-state index is -1.05. The van der Waals surface area contributed by atoms with Crippen molar-refractivity contribution in [3.8, 4) is 0 Å². The van der Waals surface area contributed by atoms with Crippen molar-refractivity contribution in [2.45, 2.75) is 25.6 Å². The van der Waals surface area contributed by atoms with Gasteiger partial charge in [0.2, 0.25) is 0 Å². The molecule has 2 unspecified atom stereocenters. The van der Waals surface area contributed by atoms with Gasteiger partial charge in [-0.3, -0.25) is 0 Å². The van der Waals surface area contributed by atoms with E-state index in [4.69, 9.17) is 9.95 Å². The van der Waals surface area contributed by atoms with Crippen LogP contribution in [0.3, 0.4) is 0 Å². The molecule has 1 heterocycles. The predicted octanol–water partition coefficient (Wildman–Crippen LogP) is 2.23. The molecule has 7 nitrogen and oxygen atoms in total. The van der Waals surface area contributed by atoms with Crippen molar-refractivity contribution in [2.75, 3.05) is 6.54 Å². The van der Waals surface area contributed by atoms with Gasteiger partial charge in [-0.15, -0.1) is 0 Å². The Morgan fingerprint density at radius 2 is 2.26 bits per heavy atom. The zero-order chi connectivity index (χ0) is 13.8. The Hall–Kier alpha value is -2.08. The quantitative estimate of drug-likeness (QED) is 0.488. The number of aryl methyl sites for hydroxylation is 1. The lowest BCUT2D eigenvalue weighted by atomic mass is 10.0. The second-order valence-electron chi connectivity index (χ2n) is 4.22. The van der Waals surface area contributed by atoms with Crippen molar-refractivity contribution in [1.82, 2.24) is 4.98 Å². The first-order valence-corrected chi connectivity index (χ1v) is 5.86. The van der Waals surface area contributed by atoms with Gasteiger partial charge in [-0.25, -0.2) is 4.98 Å². The summed E-state index contributed by atoms with van der Waals surface area (Å²) in [6.07, 6.45) is -1.84. The van der Waals surface area contributed by atoms with Crippen molar-refractivity contribution in [2.24, 2.45) is 5.11 Å². The van der Waals surface area contributed by atoms with Gasteiger partial charge >= 0.3 is 0 Å². The van der Waals surface area contributed by atoms with Gasteiger partial charge in [-0.2, -0.15) is 0 Å². The first-order valence-electron chi connectivity index (χ1n) is 5.86. The summed E-state index contributed by atoms with van der Waals surface area (Å²) in [6.45, 7) is 1.88. The van der Waals surface area contributed by atoms with Crippen molar-refractivity contribution in [1.29, 1.82) is 0 Å². The number of aromatic nitrogens is 1. The molecule has 0 saturated heterocycles. The molecule has 2 rings (SSSR count). The fraction of sp³-hybridized carbons (Fsp3) is 0.417. The molecule has 0 radical (unpaired) electrons. The maximum Gasteiger partial charge on any atom is 0.192 e. The average Bonchev–Trinajstić information content (AvgIpc) is 2.77. The molecule has 0 aliphatic rings. The molecular formula is C12H14N4O3. The third-order valence-electron chi connectivity index (χ3n) is 2.81. The van der Waals surface area contributed by atoms with Crippen LogP contribution in [0.5, 0.6) is 0 Å². The van der Waals surface area contributed by atoms with Gasteiger partial charge in [-0.05, 0) is 29.6 Å². The summed E-state index contributed by atoms with van der Waals surface area (Å²) in [4.78, 5) is 6.76. The second kappa shape index (κ2) is 5.71. The summed E-state index contributed by atoms with van der Waals surface area (Å²) in [5.74, 6) is 0.547. The SMILES string of the molecule is Cc1nc2cc(C(O)C(O)CCN=[N+]=[N-])ccc2o1. The van der Waals surface area contributed by atoms with Crippen LogP contribution < -0.4 is 0 Å². The number of aliphatic hydroxyl groups is 2. The summed E-state index contributed by atoms with van der Waals surface area (Å²) in [7, 11) is 0. The smallest absolute Gasteiger partial charge is 0.192 e. The number of hydrogen-bond donors (Lipinski definition) is 2. The van der Waals surface area contributed by atoms with E-state index in [2.05, 4.69) is 15.0 Å². The lowest BCUT2D eigenvalue weighted by Gasteiger charge is -2.17. The minimum absolute atomic E-state index is 0.139. The van der Waals surface area contributed by atoms with Crippen LogP contribution in [0.15, 0.2) is 27.7 Å². The van der Waals surface area contributed by atoms with E-state index in [1.165, 1.54) is 0 Å². The number of fused-ring (bicyclic) bond motifs is 1. The lowest BCUT2D eigenvalue weighted by Crippen LogP contribution is -2.19. The monoisotopic (exact) mass is 262 g/mol. The number of oxazole rings is 1. The summed E-state index contributed by atoms with van der Waals surface area (Å²) in [5.41, 5.74) is 9.97. The lowest BCUT2D eigenvalue weighted by molar-refractivity contribution is 0.0151. The Labute approximate surface area is 109 Å². The van der Waals surface area contributed by atoms with Crippen LogP contribution in [-0.4, -0.2) is 27.8 Å². The van der Waals surface area contributed by atoms with Crippen LogP contribution in [0.25, 0.3) is 21.5 Å². The predicted molar refractivity (Wildman–Crippen MR) is 68.3 cm³/mol. The molecule has 1 aromatic carbocycles. The molecule has 2 N–H and O–H groups in total. The van der Waals surface area contributed by atoms with E-state index in [0.29, 0.717) is 22.6 Å². The summed E-state index contributed by atoms with van der Waals surface area (Å²) in [5, 5.41) is 23.1. The third kappa shape index (κ3) is 3.03. The van der Waals surface area contributed by atoms with Crippen LogP contribution in [0, 0.1) is 6.92 Å². The van der Waals surface area contributed by atoms with Crippen molar-refractivity contribution in [3.63, 3.8) is 0 Å². The number of hydrogen-bond acceptors (Lipinski definition) is 5. The number of nitrogens with zero attached hydrogens (tertiary/aromatic N) is 4.